The Labute approximate surface area is 103 Å². The average molecular weight is 237 g/mol. The second-order valence-corrected chi connectivity index (χ2v) is 5.12. The first-order valence-electron chi connectivity index (χ1n) is 6.52. The van der Waals surface area contributed by atoms with Gasteiger partial charge in [-0.25, -0.2) is 0 Å². The Morgan fingerprint density at radius 1 is 1.53 bits per heavy atom. The van der Waals surface area contributed by atoms with E-state index in [9.17, 15) is 0 Å². The van der Waals surface area contributed by atoms with Crippen LogP contribution in [-0.4, -0.2) is 29.0 Å². The second-order valence-electron chi connectivity index (χ2n) is 5.12. The van der Waals surface area contributed by atoms with Gasteiger partial charge in [0.15, 0.2) is 0 Å². The van der Waals surface area contributed by atoms with Crippen LogP contribution in [0.5, 0.6) is 0 Å². The standard InChI is InChI=1S/C13H23N3O/c1-10(14)3-4-12-9-16(2)15-13(12)11-5-7-17-8-6-11/h9-11H,3-8,14H2,1-2H3. The Kier molecular flexibility index (Phi) is 4.18. The Morgan fingerprint density at radius 2 is 2.24 bits per heavy atom. The number of ether oxygens (including phenoxy) is 1. The van der Waals surface area contributed by atoms with Crippen LogP contribution in [0.1, 0.15) is 43.4 Å². The van der Waals surface area contributed by atoms with E-state index in [0.29, 0.717) is 5.92 Å². The molecule has 96 valence electrons. The topological polar surface area (TPSA) is 53.1 Å². The molecule has 2 rings (SSSR count). The highest BCUT2D eigenvalue weighted by molar-refractivity contribution is 5.22. The minimum Gasteiger partial charge on any atom is -0.381 e. The van der Waals surface area contributed by atoms with Crippen LogP contribution in [0.15, 0.2) is 6.20 Å². The van der Waals surface area contributed by atoms with Crippen molar-refractivity contribution in [1.29, 1.82) is 0 Å². The van der Waals surface area contributed by atoms with Gasteiger partial charge in [0.1, 0.15) is 0 Å². The molecule has 0 saturated carbocycles. The SMILES string of the molecule is CC(N)CCc1cn(C)nc1C1CCOCC1. The van der Waals surface area contributed by atoms with Crippen LogP contribution in [0.2, 0.25) is 0 Å². The summed E-state index contributed by atoms with van der Waals surface area (Å²) in [5, 5.41) is 4.63. The number of aryl methyl sites for hydroxylation is 2. The van der Waals surface area contributed by atoms with E-state index in [2.05, 4.69) is 18.2 Å². The van der Waals surface area contributed by atoms with Gasteiger partial charge in [-0.2, -0.15) is 5.10 Å². The molecule has 4 heteroatoms. The fraction of sp³-hybridized carbons (Fsp3) is 0.769. The molecule has 17 heavy (non-hydrogen) atoms. The van der Waals surface area contributed by atoms with Crippen LogP contribution < -0.4 is 5.73 Å². The van der Waals surface area contributed by atoms with Gasteiger partial charge in [-0.3, -0.25) is 4.68 Å². The summed E-state index contributed by atoms with van der Waals surface area (Å²) in [4.78, 5) is 0. The predicted octanol–water partition coefficient (Wildman–Crippen LogP) is 1.59. The molecule has 1 unspecified atom stereocenters. The first kappa shape index (κ1) is 12.6. The first-order chi connectivity index (χ1) is 8.16. The molecule has 0 spiro atoms. The number of nitrogens with zero attached hydrogens (tertiary/aromatic N) is 2. The van der Waals surface area contributed by atoms with Crippen molar-refractivity contribution in [1.82, 2.24) is 9.78 Å². The molecule has 1 aromatic rings. The van der Waals surface area contributed by atoms with E-state index in [0.717, 1.165) is 38.9 Å². The van der Waals surface area contributed by atoms with Crippen molar-refractivity contribution in [3.63, 3.8) is 0 Å². The van der Waals surface area contributed by atoms with E-state index < -0.39 is 0 Å². The maximum absolute atomic E-state index is 5.83. The molecule has 1 atom stereocenters. The summed E-state index contributed by atoms with van der Waals surface area (Å²) < 4.78 is 7.34. The third-order valence-electron chi connectivity index (χ3n) is 3.41. The zero-order valence-electron chi connectivity index (χ0n) is 10.9. The van der Waals surface area contributed by atoms with Gasteiger partial charge in [-0.1, -0.05) is 0 Å². The van der Waals surface area contributed by atoms with E-state index >= 15 is 0 Å². The van der Waals surface area contributed by atoms with Gasteiger partial charge in [0.2, 0.25) is 0 Å². The molecule has 1 aliphatic rings. The van der Waals surface area contributed by atoms with E-state index in [1.807, 2.05) is 11.7 Å². The third-order valence-corrected chi connectivity index (χ3v) is 3.41. The van der Waals surface area contributed by atoms with Crippen molar-refractivity contribution < 1.29 is 4.74 Å². The Hall–Kier alpha value is -0.870. The van der Waals surface area contributed by atoms with Crippen molar-refractivity contribution >= 4 is 0 Å². The molecule has 0 amide bonds. The molecule has 0 aromatic carbocycles. The average Bonchev–Trinajstić information content (AvgIpc) is 2.69. The second kappa shape index (κ2) is 5.65. The lowest BCUT2D eigenvalue weighted by Crippen LogP contribution is -2.18. The van der Waals surface area contributed by atoms with Crippen LogP contribution in [0, 0.1) is 0 Å². The summed E-state index contributed by atoms with van der Waals surface area (Å²) in [7, 11) is 2.00. The summed E-state index contributed by atoms with van der Waals surface area (Å²) in [6.07, 6.45) is 6.41. The smallest absolute Gasteiger partial charge is 0.0689 e. The highest BCUT2D eigenvalue weighted by Crippen LogP contribution is 2.28. The normalized spacial score (nSPS) is 19.5. The molecular formula is C13H23N3O. The molecule has 0 bridgehead atoms. The third kappa shape index (κ3) is 3.30. The summed E-state index contributed by atoms with van der Waals surface area (Å²) in [5.41, 5.74) is 8.47. The maximum Gasteiger partial charge on any atom is 0.0689 e. The molecule has 2 N–H and O–H groups in total. The molecule has 4 nitrogen and oxygen atoms in total. The molecule has 1 aliphatic heterocycles. The number of nitrogens with two attached hydrogens (primary N) is 1. The summed E-state index contributed by atoms with van der Waals surface area (Å²) >= 11 is 0. The fourth-order valence-electron chi connectivity index (χ4n) is 2.45. The molecule has 1 saturated heterocycles. The van der Waals surface area contributed by atoms with Gasteiger partial charge >= 0.3 is 0 Å². The van der Waals surface area contributed by atoms with E-state index in [1.165, 1.54) is 11.3 Å². The van der Waals surface area contributed by atoms with Gasteiger partial charge in [-0.05, 0) is 38.2 Å². The molecule has 1 fully saturated rings. The number of aromatic nitrogens is 2. The Balaban J connectivity index is 2.08. The minimum absolute atomic E-state index is 0.262. The van der Waals surface area contributed by atoms with Crippen molar-refractivity contribution in [2.75, 3.05) is 13.2 Å². The van der Waals surface area contributed by atoms with Gasteiger partial charge < -0.3 is 10.5 Å². The van der Waals surface area contributed by atoms with Gasteiger partial charge in [0, 0.05) is 38.4 Å². The lowest BCUT2D eigenvalue weighted by molar-refractivity contribution is 0.0842. The van der Waals surface area contributed by atoms with Crippen molar-refractivity contribution in [3.05, 3.63) is 17.5 Å². The molecule has 2 heterocycles. The van der Waals surface area contributed by atoms with Crippen molar-refractivity contribution in [2.45, 2.75) is 44.6 Å². The van der Waals surface area contributed by atoms with Crippen molar-refractivity contribution in [2.24, 2.45) is 12.8 Å². The summed E-state index contributed by atoms with van der Waals surface area (Å²) in [6, 6.07) is 0.262. The molecule has 0 radical (unpaired) electrons. The fourth-order valence-corrected chi connectivity index (χ4v) is 2.45. The first-order valence-corrected chi connectivity index (χ1v) is 6.52. The van der Waals surface area contributed by atoms with E-state index in [1.54, 1.807) is 0 Å². The number of rotatable bonds is 4. The Bertz CT molecular complexity index is 354. The monoisotopic (exact) mass is 237 g/mol. The van der Waals surface area contributed by atoms with Gasteiger partial charge in [0.25, 0.3) is 0 Å². The van der Waals surface area contributed by atoms with E-state index in [4.69, 9.17) is 10.5 Å². The maximum atomic E-state index is 5.83. The number of hydrogen-bond acceptors (Lipinski definition) is 3. The van der Waals surface area contributed by atoms with Crippen LogP contribution in [0.25, 0.3) is 0 Å². The number of hydrogen-bond donors (Lipinski definition) is 1. The van der Waals surface area contributed by atoms with Gasteiger partial charge in [0.05, 0.1) is 5.69 Å². The van der Waals surface area contributed by atoms with E-state index in [-0.39, 0.29) is 6.04 Å². The zero-order chi connectivity index (χ0) is 12.3. The highest BCUT2D eigenvalue weighted by Gasteiger charge is 2.21. The lowest BCUT2D eigenvalue weighted by Gasteiger charge is -2.21. The van der Waals surface area contributed by atoms with Crippen molar-refractivity contribution in [3.8, 4) is 0 Å². The van der Waals surface area contributed by atoms with Crippen LogP contribution in [0.4, 0.5) is 0 Å². The lowest BCUT2D eigenvalue weighted by atomic mass is 9.92. The minimum atomic E-state index is 0.262. The Morgan fingerprint density at radius 3 is 2.88 bits per heavy atom. The largest absolute Gasteiger partial charge is 0.381 e. The van der Waals surface area contributed by atoms with Gasteiger partial charge in [-0.15, -0.1) is 0 Å². The molecular weight excluding hydrogens is 214 g/mol. The van der Waals surface area contributed by atoms with Crippen LogP contribution in [-0.2, 0) is 18.2 Å². The van der Waals surface area contributed by atoms with Crippen LogP contribution >= 0.6 is 0 Å². The summed E-state index contributed by atoms with van der Waals surface area (Å²) in [5.74, 6) is 0.577. The molecule has 1 aromatic heterocycles. The quantitative estimate of drug-likeness (QED) is 0.865. The summed E-state index contributed by atoms with van der Waals surface area (Å²) in [6.45, 7) is 3.80. The zero-order valence-corrected chi connectivity index (χ0v) is 10.9. The highest BCUT2D eigenvalue weighted by atomic mass is 16.5. The molecule has 0 aliphatic carbocycles. The predicted molar refractivity (Wildman–Crippen MR) is 68.0 cm³/mol. The van der Waals surface area contributed by atoms with Crippen LogP contribution in [0.3, 0.4) is 0 Å².